The summed E-state index contributed by atoms with van der Waals surface area (Å²) >= 11 is 0. The average Bonchev–Trinajstić information content (AvgIpc) is 2.60. The van der Waals surface area contributed by atoms with E-state index in [2.05, 4.69) is 49.6 Å². The summed E-state index contributed by atoms with van der Waals surface area (Å²) in [6.45, 7) is 6.57. The van der Waals surface area contributed by atoms with Crippen molar-refractivity contribution in [3.63, 3.8) is 0 Å². The molecule has 0 radical (unpaired) electrons. The Balaban J connectivity index is 2.85. The number of aromatic nitrogens is 1. The van der Waals surface area contributed by atoms with Crippen LogP contribution in [0.4, 0.5) is 0 Å². The van der Waals surface area contributed by atoms with E-state index in [0.29, 0.717) is 0 Å². The lowest BCUT2D eigenvalue weighted by Gasteiger charge is -2.09. The normalized spacial score (nSPS) is 11.0. The third-order valence-electron chi connectivity index (χ3n) is 2.76. The zero-order valence-corrected chi connectivity index (χ0v) is 8.46. The molecule has 2 aromatic heterocycles. The quantitative estimate of drug-likeness (QED) is 0.624. The summed E-state index contributed by atoms with van der Waals surface area (Å²) in [4.78, 5) is 0. The molecule has 0 fully saturated rings. The molecule has 0 atom stereocenters. The van der Waals surface area contributed by atoms with Crippen LogP contribution in [0.2, 0.25) is 0 Å². The van der Waals surface area contributed by atoms with Gasteiger partial charge < -0.3 is 4.40 Å². The predicted molar refractivity (Wildman–Crippen MR) is 56.2 cm³/mol. The van der Waals surface area contributed by atoms with Crippen molar-refractivity contribution in [2.45, 2.75) is 27.2 Å². The minimum absolute atomic E-state index is 1.12. The van der Waals surface area contributed by atoms with Crippen LogP contribution in [0, 0.1) is 13.8 Å². The molecule has 2 heterocycles. The standard InChI is InChI=1S/C12H15N/c1-4-11-8-9(2)13-7-5-6-12(13)10(11)3/h5-8H,4H2,1-3H3. The first-order valence-electron chi connectivity index (χ1n) is 4.80. The van der Waals surface area contributed by atoms with Gasteiger partial charge in [-0.3, -0.25) is 0 Å². The summed E-state index contributed by atoms with van der Waals surface area (Å²) in [5, 5.41) is 0. The van der Waals surface area contributed by atoms with Crippen LogP contribution in [0.15, 0.2) is 24.4 Å². The van der Waals surface area contributed by atoms with Gasteiger partial charge >= 0.3 is 0 Å². The molecule has 0 aliphatic carbocycles. The first-order chi connectivity index (χ1) is 6.24. The van der Waals surface area contributed by atoms with Crippen LogP contribution in [-0.4, -0.2) is 4.40 Å². The smallest absolute Gasteiger partial charge is 0.0484 e. The van der Waals surface area contributed by atoms with Gasteiger partial charge in [0.1, 0.15) is 0 Å². The molecule has 0 amide bonds. The Morgan fingerprint density at radius 1 is 1.31 bits per heavy atom. The van der Waals surface area contributed by atoms with E-state index >= 15 is 0 Å². The molecule has 1 heteroatoms. The van der Waals surface area contributed by atoms with Gasteiger partial charge in [0.2, 0.25) is 0 Å². The highest BCUT2D eigenvalue weighted by Crippen LogP contribution is 2.18. The molecule has 0 spiro atoms. The molecule has 0 unspecified atom stereocenters. The van der Waals surface area contributed by atoms with Gasteiger partial charge in [-0.15, -0.1) is 0 Å². The van der Waals surface area contributed by atoms with Crippen LogP contribution < -0.4 is 0 Å². The molecular weight excluding hydrogens is 158 g/mol. The highest BCUT2D eigenvalue weighted by molar-refractivity contribution is 5.58. The lowest BCUT2D eigenvalue weighted by Crippen LogP contribution is -1.96. The molecule has 2 rings (SSSR count). The monoisotopic (exact) mass is 173 g/mol. The molecule has 0 N–H and O–H groups in total. The van der Waals surface area contributed by atoms with E-state index in [-0.39, 0.29) is 0 Å². The van der Waals surface area contributed by atoms with Crippen LogP contribution in [0.5, 0.6) is 0 Å². The summed E-state index contributed by atoms with van der Waals surface area (Å²) in [7, 11) is 0. The molecule has 0 saturated carbocycles. The van der Waals surface area contributed by atoms with Crippen molar-refractivity contribution < 1.29 is 0 Å². The Bertz CT molecular complexity index is 438. The van der Waals surface area contributed by atoms with E-state index < -0.39 is 0 Å². The highest BCUT2D eigenvalue weighted by Gasteiger charge is 2.03. The largest absolute Gasteiger partial charge is 0.321 e. The summed E-state index contributed by atoms with van der Waals surface area (Å²) in [6.07, 6.45) is 3.24. The summed E-state index contributed by atoms with van der Waals surface area (Å²) < 4.78 is 2.24. The second-order valence-electron chi connectivity index (χ2n) is 3.55. The fourth-order valence-corrected chi connectivity index (χ4v) is 1.96. The van der Waals surface area contributed by atoms with Crippen molar-refractivity contribution >= 4 is 5.52 Å². The molecule has 0 bridgehead atoms. The lowest BCUT2D eigenvalue weighted by atomic mass is 10.1. The van der Waals surface area contributed by atoms with Gasteiger partial charge in [-0.05, 0) is 49.6 Å². The minimum Gasteiger partial charge on any atom is -0.321 e. The highest BCUT2D eigenvalue weighted by atomic mass is 14.9. The van der Waals surface area contributed by atoms with Crippen molar-refractivity contribution in [1.82, 2.24) is 4.40 Å². The second-order valence-corrected chi connectivity index (χ2v) is 3.55. The number of rotatable bonds is 1. The van der Waals surface area contributed by atoms with Gasteiger partial charge in [0, 0.05) is 17.4 Å². The molecule has 2 aromatic rings. The van der Waals surface area contributed by atoms with Gasteiger partial charge in [-0.25, -0.2) is 0 Å². The van der Waals surface area contributed by atoms with Crippen molar-refractivity contribution in [3.05, 3.63) is 41.2 Å². The van der Waals surface area contributed by atoms with Crippen molar-refractivity contribution in [1.29, 1.82) is 0 Å². The third-order valence-corrected chi connectivity index (χ3v) is 2.76. The van der Waals surface area contributed by atoms with Gasteiger partial charge in [0.25, 0.3) is 0 Å². The molecule has 0 saturated heterocycles. The van der Waals surface area contributed by atoms with Crippen molar-refractivity contribution in [2.24, 2.45) is 0 Å². The maximum Gasteiger partial charge on any atom is 0.0484 e. The van der Waals surface area contributed by atoms with E-state index in [1.54, 1.807) is 0 Å². The maximum absolute atomic E-state index is 2.28. The minimum atomic E-state index is 1.12. The van der Waals surface area contributed by atoms with E-state index in [4.69, 9.17) is 0 Å². The molecule has 1 nitrogen and oxygen atoms in total. The molecule has 68 valence electrons. The maximum atomic E-state index is 2.28. The van der Waals surface area contributed by atoms with Gasteiger partial charge in [0.15, 0.2) is 0 Å². The SMILES string of the molecule is CCc1cc(C)n2cccc2c1C. The number of hydrogen-bond acceptors (Lipinski definition) is 0. The Hall–Kier alpha value is -1.24. The average molecular weight is 173 g/mol. The number of fused-ring (bicyclic) bond motifs is 1. The van der Waals surface area contributed by atoms with Crippen LogP contribution in [0.1, 0.15) is 23.7 Å². The van der Waals surface area contributed by atoms with Crippen molar-refractivity contribution in [2.75, 3.05) is 0 Å². The van der Waals surface area contributed by atoms with Gasteiger partial charge in [-0.1, -0.05) is 6.92 Å². The topological polar surface area (TPSA) is 4.41 Å². The summed E-state index contributed by atoms with van der Waals surface area (Å²) in [5.41, 5.74) is 5.54. The zero-order valence-electron chi connectivity index (χ0n) is 8.46. The summed E-state index contributed by atoms with van der Waals surface area (Å²) in [5.74, 6) is 0. The fraction of sp³-hybridized carbons (Fsp3) is 0.333. The predicted octanol–water partition coefficient (Wildman–Crippen LogP) is 3.12. The van der Waals surface area contributed by atoms with Gasteiger partial charge in [-0.2, -0.15) is 0 Å². The van der Waals surface area contributed by atoms with Crippen LogP contribution in [0.25, 0.3) is 5.52 Å². The number of pyridine rings is 1. The Morgan fingerprint density at radius 3 is 2.77 bits per heavy atom. The van der Waals surface area contributed by atoms with Crippen LogP contribution in [-0.2, 0) is 6.42 Å². The Kier molecular flexibility index (Phi) is 1.87. The van der Waals surface area contributed by atoms with Crippen molar-refractivity contribution in [3.8, 4) is 0 Å². The van der Waals surface area contributed by atoms with E-state index in [1.165, 1.54) is 22.3 Å². The molecular formula is C12H15N. The molecule has 13 heavy (non-hydrogen) atoms. The van der Waals surface area contributed by atoms with Crippen LogP contribution in [0.3, 0.4) is 0 Å². The third kappa shape index (κ3) is 1.15. The first-order valence-corrected chi connectivity index (χ1v) is 4.80. The molecule has 0 aromatic carbocycles. The molecule has 0 aliphatic rings. The lowest BCUT2D eigenvalue weighted by molar-refractivity contribution is 1.03. The summed E-state index contributed by atoms with van der Waals surface area (Å²) in [6, 6.07) is 6.57. The van der Waals surface area contributed by atoms with E-state index in [9.17, 15) is 0 Å². The Morgan fingerprint density at radius 2 is 2.08 bits per heavy atom. The van der Waals surface area contributed by atoms with E-state index in [0.717, 1.165) is 6.42 Å². The fourth-order valence-electron chi connectivity index (χ4n) is 1.96. The van der Waals surface area contributed by atoms with E-state index in [1.807, 2.05) is 0 Å². The Labute approximate surface area is 79.0 Å². The number of hydrogen-bond donors (Lipinski definition) is 0. The number of aryl methyl sites for hydroxylation is 3. The zero-order chi connectivity index (χ0) is 9.42. The second kappa shape index (κ2) is 2.91. The van der Waals surface area contributed by atoms with Crippen LogP contribution >= 0.6 is 0 Å². The molecule has 0 aliphatic heterocycles. The first kappa shape index (κ1) is 8.36. The van der Waals surface area contributed by atoms with Gasteiger partial charge in [0.05, 0.1) is 0 Å². The number of nitrogens with zero attached hydrogens (tertiary/aromatic N) is 1.